The summed E-state index contributed by atoms with van der Waals surface area (Å²) in [7, 11) is 0. The van der Waals surface area contributed by atoms with Crippen LogP contribution in [0, 0.1) is 0 Å². The Morgan fingerprint density at radius 3 is 3.00 bits per heavy atom. The van der Waals surface area contributed by atoms with E-state index in [0.29, 0.717) is 23.3 Å². The predicted molar refractivity (Wildman–Crippen MR) is 64.9 cm³/mol. The SMILES string of the molecule is O=C1CCC(C(=O)NNc2cccc(Br)n2)N1. The third kappa shape index (κ3) is 3.16. The molecule has 1 unspecified atom stereocenters. The van der Waals surface area contributed by atoms with Crippen LogP contribution in [0.25, 0.3) is 0 Å². The standard InChI is InChI=1S/C10H11BrN4O2/c11-7-2-1-3-8(13-7)14-15-10(17)6-4-5-9(16)12-6/h1-3,6H,4-5H2,(H,12,16)(H,13,14)(H,15,17). The lowest BCUT2D eigenvalue weighted by molar-refractivity contribution is -0.125. The van der Waals surface area contributed by atoms with Crippen LogP contribution >= 0.6 is 15.9 Å². The monoisotopic (exact) mass is 298 g/mol. The van der Waals surface area contributed by atoms with Gasteiger partial charge in [-0.05, 0) is 34.5 Å². The summed E-state index contributed by atoms with van der Waals surface area (Å²) in [6.07, 6.45) is 0.922. The van der Waals surface area contributed by atoms with Crippen molar-refractivity contribution in [2.75, 3.05) is 5.43 Å². The van der Waals surface area contributed by atoms with Gasteiger partial charge >= 0.3 is 0 Å². The van der Waals surface area contributed by atoms with Gasteiger partial charge in [-0.1, -0.05) is 6.07 Å². The van der Waals surface area contributed by atoms with Crippen molar-refractivity contribution in [3.05, 3.63) is 22.8 Å². The van der Waals surface area contributed by atoms with E-state index in [-0.39, 0.29) is 11.8 Å². The molecule has 2 rings (SSSR count). The average Bonchev–Trinajstić information content (AvgIpc) is 2.73. The first kappa shape index (κ1) is 11.8. The van der Waals surface area contributed by atoms with Crippen molar-refractivity contribution in [2.45, 2.75) is 18.9 Å². The van der Waals surface area contributed by atoms with Crippen molar-refractivity contribution in [1.29, 1.82) is 0 Å². The first-order valence-corrected chi connectivity index (χ1v) is 5.92. The smallest absolute Gasteiger partial charge is 0.260 e. The molecule has 0 bridgehead atoms. The molecule has 1 aromatic rings. The van der Waals surface area contributed by atoms with Gasteiger partial charge in [0.2, 0.25) is 5.91 Å². The van der Waals surface area contributed by atoms with E-state index in [4.69, 9.17) is 0 Å². The quantitative estimate of drug-likeness (QED) is 0.563. The van der Waals surface area contributed by atoms with Crippen LogP contribution in [0.3, 0.4) is 0 Å². The molecular formula is C10H11BrN4O2. The highest BCUT2D eigenvalue weighted by atomic mass is 79.9. The Bertz CT molecular complexity index is 452. The number of aromatic nitrogens is 1. The number of carbonyl (C=O) groups excluding carboxylic acids is 2. The van der Waals surface area contributed by atoms with Crippen LogP contribution in [0.5, 0.6) is 0 Å². The first-order chi connectivity index (χ1) is 8.15. The van der Waals surface area contributed by atoms with Crippen molar-refractivity contribution in [2.24, 2.45) is 0 Å². The summed E-state index contributed by atoms with van der Waals surface area (Å²) in [4.78, 5) is 26.7. The van der Waals surface area contributed by atoms with Gasteiger partial charge in [0.05, 0.1) is 0 Å². The molecule has 1 aliphatic rings. The molecule has 2 heterocycles. The molecule has 17 heavy (non-hydrogen) atoms. The Balaban J connectivity index is 1.86. The van der Waals surface area contributed by atoms with Crippen molar-refractivity contribution in [3.8, 4) is 0 Å². The van der Waals surface area contributed by atoms with Crippen molar-refractivity contribution >= 4 is 33.6 Å². The number of hydrogen-bond donors (Lipinski definition) is 3. The Labute approximate surface area is 106 Å². The summed E-state index contributed by atoms with van der Waals surface area (Å²) >= 11 is 3.22. The number of nitrogens with zero attached hydrogens (tertiary/aromatic N) is 1. The summed E-state index contributed by atoms with van der Waals surface area (Å²) in [6.45, 7) is 0. The molecule has 0 aliphatic carbocycles. The van der Waals surface area contributed by atoms with Crippen LogP contribution < -0.4 is 16.2 Å². The predicted octanol–water partition coefficient (Wildman–Crippen LogP) is 0.566. The number of hydrogen-bond acceptors (Lipinski definition) is 4. The minimum absolute atomic E-state index is 0.0919. The lowest BCUT2D eigenvalue weighted by Gasteiger charge is -2.12. The molecule has 0 spiro atoms. The molecule has 1 fully saturated rings. The topological polar surface area (TPSA) is 83.1 Å². The molecule has 0 aromatic carbocycles. The van der Waals surface area contributed by atoms with Gasteiger partial charge in [-0.2, -0.15) is 0 Å². The van der Waals surface area contributed by atoms with E-state index >= 15 is 0 Å². The van der Waals surface area contributed by atoms with Crippen LogP contribution in [0.4, 0.5) is 5.82 Å². The number of hydrazine groups is 1. The van der Waals surface area contributed by atoms with Gasteiger partial charge in [0, 0.05) is 6.42 Å². The van der Waals surface area contributed by atoms with Crippen LogP contribution in [0.2, 0.25) is 0 Å². The van der Waals surface area contributed by atoms with E-state index in [9.17, 15) is 9.59 Å². The Morgan fingerprint density at radius 2 is 2.35 bits per heavy atom. The third-order valence-electron chi connectivity index (χ3n) is 2.34. The number of pyridine rings is 1. The van der Waals surface area contributed by atoms with Crippen LogP contribution in [-0.4, -0.2) is 22.8 Å². The zero-order valence-electron chi connectivity index (χ0n) is 8.87. The fourth-order valence-corrected chi connectivity index (χ4v) is 1.85. The van der Waals surface area contributed by atoms with Crippen molar-refractivity contribution in [3.63, 3.8) is 0 Å². The molecule has 1 aromatic heterocycles. The molecule has 0 radical (unpaired) electrons. The van der Waals surface area contributed by atoms with Gasteiger partial charge in [0.15, 0.2) is 0 Å². The number of amides is 2. The maximum atomic E-state index is 11.6. The van der Waals surface area contributed by atoms with Crippen molar-refractivity contribution in [1.82, 2.24) is 15.7 Å². The third-order valence-corrected chi connectivity index (χ3v) is 2.78. The molecule has 1 aliphatic heterocycles. The van der Waals surface area contributed by atoms with Gasteiger partial charge in [-0.25, -0.2) is 4.98 Å². The minimum atomic E-state index is -0.456. The largest absolute Gasteiger partial charge is 0.344 e. The van der Waals surface area contributed by atoms with Gasteiger partial charge in [-0.3, -0.25) is 20.4 Å². The maximum absolute atomic E-state index is 11.6. The molecular weight excluding hydrogens is 288 g/mol. The van der Waals surface area contributed by atoms with E-state index in [1.54, 1.807) is 18.2 Å². The summed E-state index contributed by atoms with van der Waals surface area (Å²) < 4.78 is 0.672. The molecule has 1 atom stereocenters. The van der Waals surface area contributed by atoms with Gasteiger partial charge in [-0.15, -0.1) is 0 Å². The molecule has 2 amide bonds. The number of rotatable bonds is 3. The number of anilines is 1. The van der Waals surface area contributed by atoms with Crippen LogP contribution in [0.1, 0.15) is 12.8 Å². The zero-order chi connectivity index (χ0) is 12.3. The van der Waals surface area contributed by atoms with Gasteiger partial charge in [0.1, 0.15) is 16.5 Å². The molecule has 0 saturated carbocycles. The summed E-state index contributed by atoms with van der Waals surface area (Å²) in [5.74, 6) is 0.167. The molecule has 7 heteroatoms. The van der Waals surface area contributed by atoms with E-state index < -0.39 is 6.04 Å². The number of halogens is 1. The maximum Gasteiger partial charge on any atom is 0.260 e. The Hall–Kier alpha value is -1.63. The lowest BCUT2D eigenvalue weighted by atomic mass is 10.2. The molecule has 90 valence electrons. The van der Waals surface area contributed by atoms with E-state index in [1.165, 1.54) is 0 Å². The van der Waals surface area contributed by atoms with E-state index in [2.05, 4.69) is 37.1 Å². The van der Waals surface area contributed by atoms with Crippen molar-refractivity contribution < 1.29 is 9.59 Å². The second-order valence-corrected chi connectivity index (χ2v) is 4.43. The van der Waals surface area contributed by atoms with Crippen LogP contribution in [0.15, 0.2) is 22.8 Å². The molecule has 6 nitrogen and oxygen atoms in total. The Morgan fingerprint density at radius 1 is 1.53 bits per heavy atom. The summed E-state index contributed by atoms with van der Waals surface area (Å²) in [6, 6.07) is 4.84. The fourth-order valence-electron chi connectivity index (χ4n) is 1.50. The average molecular weight is 299 g/mol. The normalized spacial score (nSPS) is 18.6. The second-order valence-electron chi connectivity index (χ2n) is 3.62. The summed E-state index contributed by atoms with van der Waals surface area (Å²) in [5.41, 5.74) is 5.19. The van der Waals surface area contributed by atoms with Crippen LogP contribution in [-0.2, 0) is 9.59 Å². The second kappa shape index (κ2) is 5.13. The highest BCUT2D eigenvalue weighted by molar-refractivity contribution is 9.10. The fraction of sp³-hybridized carbons (Fsp3) is 0.300. The zero-order valence-corrected chi connectivity index (χ0v) is 10.5. The number of carbonyl (C=O) groups is 2. The summed E-state index contributed by atoms with van der Waals surface area (Å²) in [5, 5.41) is 2.58. The first-order valence-electron chi connectivity index (χ1n) is 5.13. The number of nitrogens with one attached hydrogen (secondary N) is 3. The molecule has 1 saturated heterocycles. The highest BCUT2D eigenvalue weighted by Gasteiger charge is 2.26. The van der Waals surface area contributed by atoms with Gasteiger partial charge < -0.3 is 5.32 Å². The van der Waals surface area contributed by atoms with Gasteiger partial charge in [0.25, 0.3) is 5.91 Å². The lowest BCUT2D eigenvalue weighted by Crippen LogP contribution is -2.44. The van der Waals surface area contributed by atoms with E-state index in [1.807, 2.05) is 0 Å². The van der Waals surface area contributed by atoms with E-state index in [0.717, 1.165) is 0 Å². The molecule has 3 N–H and O–H groups in total. The highest BCUT2D eigenvalue weighted by Crippen LogP contribution is 2.09. The Kier molecular flexibility index (Phi) is 3.58. The minimum Gasteiger partial charge on any atom is -0.344 e.